The Hall–Kier alpha value is -2.93. The van der Waals surface area contributed by atoms with Crippen molar-refractivity contribution >= 4 is 11.8 Å². The predicted molar refractivity (Wildman–Crippen MR) is 104 cm³/mol. The van der Waals surface area contributed by atoms with Gasteiger partial charge in [0.05, 0.1) is 5.70 Å². The fourth-order valence-electron chi connectivity index (χ4n) is 1.99. The summed E-state index contributed by atoms with van der Waals surface area (Å²) in [5, 5.41) is 0. The normalized spacial score (nSPS) is 13.4. The van der Waals surface area contributed by atoms with Gasteiger partial charge in [0, 0.05) is 11.8 Å². The summed E-state index contributed by atoms with van der Waals surface area (Å²) in [5.41, 5.74) is 4.91. The quantitative estimate of drug-likeness (QED) is 0.407. The third-order valence-electron chi connectivity index (χ3n) is 3.23. The molecule has 0 saturated heterocycles. The Morgan fingerprint density at radius 3 is 2.17 bits per heavy atom. The lowest BCUT2D eigenvalue weighted by molar-refractivity contribution is 1.30. The molecule has 1 rings (SSSR count). The zero-order valence-corrected chi connectivity index (χ0v) is 13.7. The molecule has 0 aliphatic heterocycles. The molecule has 0 aliphatic carbocycles. The van der Waals surface area contributed by atoms with E-state index >= 15 is 0 Å². The van der Waals surface area contributed by atoms with Crippen LogP contribution in [0.1, 0.15) is 12.5 Å². The molecule has 0 heterocycles. The maximum Gasteiger partial charge on any atom is 0.0704 e. The summed E-state index contributed by atoms with van der Waals surface area (Å²) in [6.45, 7) is 17.2. The first kappa shape index (κ1) is 18.1. The molecule has 0 amide bonds. The van der Waals surface area contributed by atoms with E-state index in [0.717, 1.165) is 28.0 Å². The highest BCUT2D eigenvalue weighted by molar-refractivity contribution is 5.78. The van der Waals surface area contributed by atoms with Gasteiger partial charge in [-0.2, -0.15) is 0 Å². The van der Waals surface area contributed by atoms with Crippen molar-refractivity contribution in [3.8, 4) is 0 Å². The van der Waals surface area contributed by atoms with Crippen molar-refractivity contribution in [2.45, 2.75) is 6.92 Å². The van der Waals surface area contributed by atoms with E-state index < -0.39 is 0 Å². The van der Waals surface area contributed by atoms with Gasteiger partial charge in [0.15, 0.2) is 0 Å². The second-order valence-electron chi connectivity index (χ2n) is 4.77. The Morgan fingerprint density at radius 1 is 0.957 bits per heavy atom. The third-order valence-corrected chi connectivity index (χ3v) is 3.23. The molecular weight excluding hydrogens is 278 g/mol. The van der Waals surface area contributed by atoms with E-state index in [1.54, 1.807) is 18.4 Å². The van der Waals surface area contributed by atoms with Crippen LogP contribution in [0.25, 0.3) is 5.57 Å². The van der Waals surface area contributed by atoms with Crippen LogP contribution in [0.15, 0.2) is 115 Å². The van der Waals surface area contributed by atoms with Gasteiger partial charge in [-0.25, -0.2) is 0 Å². The molecular formula is C22H23N. The minimum absolute atomic E-state index is 0.799. The lowest BCUT2D eigenvalue weighted by Gasteiger charge is -2.09. The molecule has 0 spiro atoms. The molecule has 116 valence electrons. The van der Waals surface area contributed by atoms with Crippen LogP contribution < -0.4 is 0 Å². The zero-order chi connectivity index (χ0) is 17.1. The van der Waals surface area contributed by atoms with Crippen molar-refractivity contribution in [2.75, 3.05) is 0 Å². The SMILES string of the molecule is C=CC=NC(=C\C=C)/C(/C=C(\C=C)c1ccccc1)=C(/C)C=C. The highest BCUT2D eigenvalue weighted by Gasteiger charge is 2.06. The molecule has 0 radical (unpaired) electrons. The lowest BCUT2D eigenvalue weighted by atomic mass is 9.98. The van der Waals surface area contributed by atoms with E-state index in [-0.39, 0.29) is 0 Å². The van der Waals surface area contributed by atoms with E-state index in [1.165, 1.54) is 0 Å². The first-order chi connectivity index (χ1) is 11.2. The molecule has 0 unspecified atom stereocenters. The number of hydrogen-bond donors (Lipinski definition) is 0. The van der Waals surface area contributed by atoms with Gasteiger partial charge in [-0.15, -0.1) is 0 Å². The molecule has 1 heteroatoms. The monoisotopic (exact) mass is 301 g/mol. The number of benzene rings is 1. The smallest absolute Gasteiger partial charge is 0.0704 e. The highest BCUT2D eigenvalue weighted by atomic mass is 14.7. The maximum atomic E-state index is 4.44. The van der Waals surface area contributed by atoms with Gasteiger partial charge < -0.3 is 0 Å². The summed E-state index contributed by atoms with van der Waals surface area (Å²) in [5.74, 6) is 0. The third kappa shape index (κ3) is 5.40. The van der Waals surface area contributed by atoms with Crippen LogP contribution in [0.2, 0.25) is 0 Å². The Bertz CT molecular complexity index is 695. The van der Waals surface area contributed by atoms with Crippen LogP contribution in [-0.2, 0) is 0 Å². The average Bonchev–Trinajstić information content (AvgIpc) is 2.60. The van der Waals surface area contributed by atoms with E-state index in [1.807, 2.05) is 43.4 Å². The molecule has 0 bridgehead atoms. The Morgan fingerprint density at radius 2 is 1.65 bits per heavy atom. The number of allylic oxidation sites excluding steroid dienone is 8. The van der Waals surface area contributed by atoms with Crippen molar-refractivity contribution in [3.63, 3.8) is 0 Å². The van der Waals surface area contributed by atoms with E-state index in [2.05, 4.69) is 49.5 Å². The fraction of sp³-hybridized carbons (Fsp3) is 0.0455. The summed E-state index contributed by atoms with van der Waals surface area (Å²) < 4.78 is 0. The summed E-state index contributed by atoms with van der Waals surface area (Å²) in [6.07, 6.45) is 12.6. The zero-order valence-electron chi connectivity index (χ0n) is 13.7. The molecule has 1 nitrogen and oxygen atoms in total. The van der Waals surface area contributed by atoms with Crippen LogP contribution in [0, 0.1) is 0 Å². The van der Waals surface area contributed by atoms with E-state index in [9.17, 15) is 0 Å². The predicted octanol–water partition coefficient (Wildman–Crippen LogP) is 6.09. The highest BCUT2D eigenvalue weighted by Crippen LogP contribution is 2.25. The minimum atomic E-state index is 0.799. The number of aliphatic imine (C=N–C) groups is 1. The Kier molecular flexibility index (Phi) is 7.81. The second kappa shape index (κ2) is 9.91. The molecule has 0 saturated carbocycles. The largest absolute Gasteiger partial charge is 0.256 e. The van der Waals surface area contributed by atoms with Gasteiger partial charge in [0.1, 0.15) is 0 Å². The van der Waals surface area contributed by atoms with Crippen molar-refractivity contribution in [1.29, 1.82) is 0 Å². The molecule has 23 heavy (non-hydrogen) atoms. The number of hydrogen-bond acceptors (Lipinski definition) is 1. The molecule has 1 aromatic rings. The summed E-state index contributed by atoms with van der Waals surface area (Å²) >= 11 is 0. The Labute approximate surface area is 139 Å². The molecule has 0 atom stereocenters. The maximum absolute atomic E-state index is 4.44. The van der Waals surface area contributed by atoms with Gasteiger partial charge in [-0.3, -0.25) is 4.99 Å². The van der Waals surface area contributed by atoms with Crippen LogP contribution in [0.4, 0.5) is 0 Å². The molecule has 1 aromatic carbocycles. The van der Waals surface area contributed by atoms with Crippen molar-refractivity contribution in [3.05, 3.63) is 116 Å². The van der Waals surface area contributed by atoms with Crippen molar-refractivity contribution < 1.29 is 0 Å². The van der Waals surface area contributed by atoms with Gasteiger partial charge >= 0.3 is 0 Å². The van der Waals surface area contributed by atoms with Crippen LogP contribution >= 0.6 is 0 Å². The standard InChI is InChI=1S/C22H23N/c1-6-13-22(23-16-7-2)21(18(5)8-3)17-19(9-4)20-14-11-10-12-15-20/h6-17H,1-4H2,5H3/b19-17+,21-18-,22-13-,23-16?. The van der Waals surface area contributed by atoms with Crippen LogP contribution in [0.5, 0.6) is 0 Å². The van der Waals surface area contributed by atoms with E-state index in [0.29, 0.717) is 0 Å². The molecule has 0 N–H and O–H groups in total. The van der Waals surface area contributed by atoms with Crippen LogP contribution in [-0.4, -0.2) is 6.21 Å². The lowest BCUT2D eigenvalue weighted by Crippen LogP contribution is -1.91. The van der Waals surface area contributed by atoms with Crippen molar-refractivity contribution in [2.24, 2.45) is 4.99 Å². The number of rotatable bonds is 8. The van der Waals surface area contributed by atoms with Gasteiger partial charge in [0.25, 0.3) is 0 Å². The van der Waals surface area contributed by atoms with Gasteiger partial charge in [0.2, 0.25) is 0 Å². The van der Waals surface area contributed by atoms with Crippen LogP contribution in [0.3, 0.4) is 0 Å². The van der Waals surface area contributed by atoms with Gasteiger partial charge in [-0.1, -0.05) is 81.0 Å². The molecule has 0 fully saturated rings. The van der Waals surface area contributed by atoms with Gasteiger partial charge in [-0.05, 0) is 35.8 Å². The molecule has 0 aromatic heterocycles. The average molecular weight is 301 g/mol. The fourth-order valence-corrected chi connectivity index (χ4v) is 1.99. The first-order valence-electron chi connectivity index (χ1n) is 7.39. The van der Waals surface area contributed by atoms with E-state index in [4.69, 9.17) is 0 Å². The topological polar surface area (TPSA) is 12.4 Å². The Balaban J connectivity index is 3.51. The second-order valence-corrected chi connectivity index (χ2v) is 4.77. The van der Waals surface area contributed by atoms with Crippen molar-refractivity contribution in [1.82, 2.24) is 0 Å². The first-order valence-corrected chi connectivity index (χ1v) is 7.39. The summed E-state index contributed by atoms with van der Waals surface area (Å²) in [7, 11) is 0. The molecule has 0 aliphatic rings. The summed E-state index contributed by atoms with van der Waals surface area (Å²) in [4.78, 5) is 4.44. The summed E-state index contributed by atoms with van der Waals surface area (Å²) in [6, 6.07) is 10.1. The number of nitrogens with zero attached hydrogens (tertiary/aromatic N) is 1. The minimum Gasteiger partial charge on any atom is -0.256 e.